The highest BCUT2D eigenvalue weighted by molar-refractivity contribution is 7.89. The van der Waals surface area contributed by atoms with Crippen LogP contribution < -0.4 is 0 Å². The molecule has 1 aromatic rings. The van der Waals surface area contributed by atoms with Gasteiger partial charge in [-0.15, -0.1) is 0 Å². The minimum atomic E-state index is -3.81. The van der Waals surface area contributed by atoms with Crippen molar-refractivity contribution in [1.82, 2.24) is 14.3 Å². The molecule has 0 fully saturated rings. The molecule has 0 aliphatic heterocycles. The highest BCUT2D eigenvalue weighted by atomic mass is 32.2. The third-order valence-corrected chi connectivity index (χ3v) is 4.02. The molecule has 8 nitrogen and oxygen atoms in total. The number of nitrogens with one attached hydrogen (secondary N) is 1. The lowest BCUT2D eigenvalue weighted by atomic mass is 10.6. The summed E-state index contributed by atoms with van der Waals surface area (Å²) in [7, 11) is -2.36. The van der Waals surface area contributed by atoms with Crippen LogP contribution in [0.3, 0.4) is 0 Å². The number of hydrogen-bond acceptors (Lipinski definition) is 6. The second-order valence-electron chi connectivity index (χ2n) is 3.55. The number of ether oxygens (including phenoxy) is 2. The second-order valence-corrected chi connectivity index (χ2v) is 5.46. The summed E-state index contributed by atoms with van der Waals surface area (Å²) in [5.41, 5.74) is 0. The van der Waals surface area contributed by atoms with E-state index >= 15 is 0 Å². The largest absolute Gasteiger partial charge is 0.465 e. The Labute approximate surface area is 111 Å². The molecule has 19 heavy (non-hydrogen) atoms. The summed E-state index contributed by atoms with van der Waals surface area (Å²) in [6.45, 7) is 1.71. The van der Waals surface area contributed by atoms with Crippen molar-refractivity contribution in [2.45, 2.75) is 11.9 Å². The average Bonchev–Trinajstić information content (AvgIpc) is 2.89. The second kappa shape index (κ2) is 7.22. The van der Waals surface area contributed by atoms with Gasteiger partial charge in [-0.2, -0.15) is 4.31 Å². The minimum Gasteiger partial charge on any atom is -0.465 e. The van der Waals surface area contributed by atoms with Gasteiger partial charge in [-0.1, -0.05) is 0 Å². The number of carbonyl (C=O) groups is 1. The SMILES string of the molecule is CCOC(=O)CN(CCOC)S(=O)(=O)c1cnc[nH]1. The number of aromatic nitrogens is 2. The van der Waals surface area contributed by atoms with Gasteiger partial charge in [0.05, 0.1) is 25.7 Å². The van der Waals surface area contributed by atoms with Gasteiger partial charge in [-0.05, 0) is 6.92 Å². The molecule has 0 aliphatic rings. The zero-order valence-corrected chi connectivity index (χ0v) is 11.6. The van der Waals surface area contributed by atoms with E-state index in [-0.39, 0.29) is 31.3 Å². The van der Waals surface area contributed by atoms with Gasteiger partial charge in [0.25, 0.3) is 10.0 Å². The number of methoxy groups -OCH3 is 1. The van der Waals surface area contributed by atoms with E-state index in [9.17, 15) is 13.2 Å². The summed E-state index contributed by atoms with van der Waals surface area (Å²) in [5, 5.41) is -0.0760. The maximum atomic E-state index is 12.2. The van der Waals surface area contributed by atoms with Gasteiger partial charge in [0.2, 0.25) is 0 Å². The highest BCUT2D eigenvalue weighted by Gasteiger charge is 2.28. The molecular weight excluding hydrogens is 274 g/mol. The number of nitrogens with zero attached hydrogens (tertiary/aromatic N) is 2. The number of imidazole rings is 1. The predicted octanol–water partition coefficient (Wildman–Crippen LogP) is -0.390. The zero-order valence-electron chi connectivity index (χ0n) is 10.8. The lowest BCUT2D eigenvalue weighted by Crippen LogP contribution is -2.38. The average molecular weight is 291 g/mol. The molecule has 0 aromatic carbocycles. The molecule has 0 aliphatic carbocycles. The maximum Gasteiger partial charge on any atom is 0.321 e. The van der Waals surface area contributed by atoms with Gasteiger partial charge in [0.1, 0.15) is 6.54 Å². The van der Waals surface area contributed by atoms with Crippen molar-refractivity contribution < 1.29 is 22.7 Å². The molecule has 0 atom stereocenters. The van der Waals surface area contributed by atoms with Gasteiger partial charge < -0.3 is 14.5 Å². The van der Waals surface area contributed by atoms with Gasteiger partial charge in [-0.25, -0.2) is 13.4 Å². The maximum absolute atomic E-state index is 12.2. The summed E-state index contributed by atoms with van der Waals surface area (Å²) < 4.78 is 35.0. The molecule has 1 heterocycles. The summed E-state index contributed by atoms with van der Waals surface area (Å²) in [6, 6.07) is 0. The van der Waals surface area contributed by atoms with Crippen LogP contribution in [-0.2, 0) is 24.3 Å². The molecule has 0 radical (unpaired) electrons. The Kier molecular flexibility index (Phi) is 5.93. The topological polar surface area (TPSA) is 102 Å². The quantitative estimate of drug-likeness (QED) is 0.654. The summed E-state index contributed by atoms with van der Waals surface area (Å²) in [5.74, 6) is -0.610. The Balaban J connectivity index is 2.87. The molecule has 9 heteroatoms. The molecule has 0 saturated heterocycles. The molecule has 0 saturated carbocycles. The van der Waals surface area contributed by atoms with E-state index in [1.807, 2.05) is 0 Å². The van der Waals surface area contributed by atoms with E-state index in [0.717, 1.165) is 4.31 Å². The lowest BCUT2D eigenvalue weighted by molar-refractivity contribution is -0.143. The normalized spacial score (nSPS) is 11.7. The first kappa shape index (κ1) is 15.6. The third kappa shape index (κ3) is 4.30. The Bertz CT molecular complexity index is 485. The van der Waals surface area contributed by atoms with Crippen LogP contribution in [0.25, 0.3) is 0 Å². The Morgan fingerprint density at radius 2 is 2.26 bits per heavy atom. The van der Waals surface area contributed by atoms with E-state index in [0.29, 0.717) is 0 Å². The first-order valence-electron chi connectivity index (χ1n) is 5.65. The van der Waals surface area contributed by atoms with Crippen molar-refractivity contribution in [3.63, 3.8) is 0 Å². The number of aromatic amines is 1. The van der Waals surface area contributed by atoms with Gasteiger partial charge >= 0.3 is 5.97 Å². The molecule has 108 valence electrons. The monoisotopic (exact) mass is 291 g/mol. The number of carbonyl (C=O) groups excluding carboxylic acids is 1. The standard InChI is InChI=1S/C10H17N3O5S/c1-3-18-10(14)7-13(4-5-17-2)19(15,16)9-6-11-8-12-9/h6,8H,3-5,7H2,1-2H3,(H,11,12). The van der Waals surface area contributed by atoms with Gasteiger partial charge in [0.15, 0.2) is 5.03 Å². The fourth-order valence-corrected chi connectivity index (χ4v) is 2.62. The predicted molar refractivity (Wildman–Crippen MR) is 65.9 cm³/mol. The Morgan fingerprint density at radius 3 is 2.79 bits per heavy atom. The molecule has 0 unspecified atom stereocenters. The van der Waals surface area contributed by atoms with Crippen molar-refractivity contribution in [2.24, 2.45) is 0 Å². The van der Waals surface area contributed by atoms with Crippen LogP contribution in [0.4, 0.5) is 0 Å². The summed E-state index contributed by atoms with van der Waals surface area (Å²) in [4.78, 5) is 17.6. The van der Waals surface area contributed by atoms with Crippen LogP contribution in [-0.4, -0.2) is 62.1 Å². The van der Waals surface area contributed by atoms with E-state index in [1.165, 1.54) is 19.6 Å². The first-order valence-corrected chi connectivity index (χ1v) is 7.09. The molecule has 1 N–H and O–H groups in total. The molecule has 1 rings (SSSR count). The molecule has 1 aromatic heterocycles. The van der Waals surface area contributed by atoms with E-state index < -0.39 is 16.0 Å². The van der Waals surface area contributed by atoms with Crippen LogP contribution in [0, 0.1) is 0 Å². The van der Waals surface area contributed by atoms with Crippen LogP contribution in [0.5, 0.6) is 0 Å². The van der Waals surface area contributed by atoms with E-state index in [2.05, 4.69) is 9.97 Å². The van der Waals surface area contributed by atoms with Gasteiger partial charge in [-0.3, -0.25) is 4.79 Å². The molecule has 0 amide bonds. The smallest absolute Gasteiger partial charge is 0.321 e. The van der Waals surface area contributed by atoms with E-state index in [4.69, 9.17) is 9.47 Å². The van der Waals surface area contributed by atoms with Crippen molar-refractivity contribution >= 4 is 16.0 Å². The number of esters is 1. The number of rotatable bonds is 8. The van der Waals surface area contributed by atoms with Crippen molar-refractivity contribution in [2.75, 3.05) is 33.4 Å². The van der Waals surface area contributed by atoms with Crippen LogP contribution in [0.1, 0.15) is 6.92 Å². The zero-order chi connectivity index (χ0) is 14.3. The first-order chi connectivity index (χ1) is 9.02. The number of H-pyrrole nitrogens is 1. The van der Waals surface area contributed by atoms with Crippen molar-refractivity contribution in [3.8, 4) is 0 Å². The third-order valence-electron chi connectivity index (χ3n) is 2.25. The lowest BCUT2D eigenvalue weighted by Gasteiger charge is -2.19. The fraction of sp³-hybridized carbons (Fsp3) is 0.600. The fourth-order valence-electron chi connectivity index (χ4n) is 1.35. The van der Waals surface area contributed by atoms with Gasteiger partial charge in [0, 0.05) is 13.7 Å². The Hall–Kier alpha value is -1.45. The van der Waals surface area contributed by atoms with Crippen molar-refractivity contribution in [1.29, 1.82) is 0 Å². The molecule has 0 spiro atoms. The molecule has 0 bridgehead atoms. The highest BCUT2D eigenvalue weighted by Crippen LogP contribution is 2.11. The summed E-state index contributed by atoms with van der Waals surface area (Å²) in [6.07, 6.45) is 2.44. The van der Waals surface area contributed by atoms with Crippen LogP contribution in [0.2, 0.25) is 0 Å². The number of sulfonamides is 1. The van der Waals surface area contributed by atoms with Crippen LogP contribution >= 0.6 is 0 Å². The number of hydrogen-bond donors (Lipinski definition) is 1. The summed E-state index contributed by atoms with van der Waals surface area (Å²) >= 11 is 0. The van der Waals surface area contributed by atoms with Crippen molar-refractivity contribution in [3.05, 3.63) is 12.5 Å². The van der Waals surface area contributed by atoms with Crippen LogP contribution in [0.15, 0.2) is 17.6 Å². The minimum absolute atomic E-state index is 0.0522. The molecular formula is C10H17N3O5S. The Morgan fingerprint density at radius 1 is 1.53 bits per heavy atom. The van der Waals surface area contributed by atoms with E-state index in [1.54, 1.807) is 6.92 Å².